The normalized spacial score (nSPS) is 11.4. The molecule has 1 rings (SSSR count). The van der Waals surface area contributed by atoms with Gasteiger partial charge in [0.25, 0.3) is 0 Å². The van der Waals surface area contributed by atoms with Crippen LogP contribution >= 0.6 is 11.8 Å². The molecule has 96 valence electrons. The maximum absolute atomic E-state index is 11.7. The molecular formula is C13H15NO3S. The number of carbonyl (C=O) groups excluding carboxylic acids is 2. The first-order chi connectivity index (χ1) is 8.77. The summed E-state index contributed by atoms with van der Waals surface area (Å²) in [6.45, 7) is 0.198. The predicted octanol–water partition coefficient (Wildman–Crippen LogP) is 2.19. The molecule has 5 heteroatoms. The van der Waals surface area contributed by atoms with Gasteiger partial charge in [0.15, 0.2) is 6.04 Å². The molecule has 1 aromatic carbocycles. The summed E-state index contributed by atoms with van der Waals surface area (Å²) in [4.78, 5) is 25.4. The molecule has 1 unspecified atom stereocenters. The lowest BCUT2D eigenvalue weighted by Gasteiger charge is -2.10. The number of nitrogens with zero attached hydrogens (tertiary/aromatic N) is 1. The summed E-state index contributed by atoms with van der Waals surface area (Å²) in [6.07, 6.45) is 3.84. The van der Waals surface area contributed by atoms with Crippen molar-refractivity contribution in [3.05, 3.63) is 35.9 Å². The van der Waals surface area contributed by atoms with E-state index in [1.807, 2.05) is 36.6 Å². The SMILES string of the molecule is CSCCC(N=C=O)C(=O)OCc1ccccc1. The van der Waals surface area contributed by atoms with Gasteiger partial charge in [-0.15, -0.1) is 0 Å². The largest absolute Gasteiger partial charge is 0.459 e. The van der Waals surface area contributed by atoms with E-state index in [1.54, 1.807) is 11.8 Å². The van der Waals surface area contributed by atoms with Gasteiger partial charge in [-0.05, 0) is 24.0 Å². The Morgan fingerprint density at radius 3 is 2.78 bits per heavy atom. The lowest BCUT2D eigenvalue weighted by atomic mass is 10.2. The first-order valence-corrected chi connectivity index (χ1v) is 6.93. The van der Waals surface area contributed by atoms with Gasteiger partial charge in [0, 0.05) is 0 Å². The third kappa shape index (κ3) is 5.17. The average molecular weight is 265 g/mol. The van der Waals surface area contributed by atoms with Crippen LogP contribution in [0.5, 0.6) is 0 Å². The Labute approximate surface area is 110 Å². The Morgan fingerprint density at radius 1 is 1.44 bits per heavy atom. The number of thioether (sulfide) groups is 1. The molecule has 1 atom stereocenters. The van der Waals surface area contributed by atoms with E-state index in [0.29, 0.717) is 6.42 Å². The van der Waals surface area contributed by atoms with Gasteiger partial charge < -0.3 is 4.74 Å². The van der Waals surface area contributed by atoms with Crippen molar-refractivity contribution >= 4 is 23.8 Å². The number of aliphatic imine (C=N–C) groups is 1. The standard InChI is InChI=1S/C13H15NO3S/c1-18-8-7-12(14-10-15)13(16)17-9-11-5-3-2-4-6-11/h2-6,12H,7-9H2,1H3. The van der Waals surface area contributed by atoms with Gasteiger partial charge in [-0.25, -0.2) is 9.59 Å². The van der Waals surface area contributed by atoms with E-state index in [2.05, 4.69) is 4.99 Å². The Bertz CT molecular complexity index is 416. The number of hydrogen-bond acceptors (Lipinski definition) is 5. The highest BCUT2D eigenvalue weighted by Gasteiger charge is 2.18. The van der Waals surface area contributed by atoms with E-state index in [1.165, 1.54) is 6.08 Å². The Balaban J connectivity index is 2.48. The minimum Gasteiger partial charge on any atom is -0.459 e. The zero-order chi connectivity index (χ0) is 13.2. The van der Waals surface area contributed by atoms with Gasteiger partial charge in [-0.3, -0.25) is 0 Å². The van der Waals surface area contributed by atoms with Crippen molar-refractivity contribution < 1.29 is 14.3 Å². The molecule has 0 spiro atoms. The van der Waals surface area contributed by atoms with Crippen LogP contribution < -0.4 is 0 Å². The fourth-order valence-electron chi connectivity index (χ4n) is 1.35. The van der Waals surface area contributed by atoms with Crippen molar-refractivity contribution in [2.24, 2.45) is 4.99 Å². The third-order valence-corrected chi connectivity index (χ3v) is 2.94. The second-order valence-electron chi connectivity index (χ2n) is 3.61. The summed E-state index contributed by atoms with van der Waals surface area (Å²) in [7, 11) is 0. The van der Waals surface area contributed by atoms with Gasteiger partial charge >= 0.3 is 5.97 Å². The third-order valence-electron chi connectivity index (χ3n) is 2.30. The van der Waals surface area contributed by atoms with E-state index < -0.39 is 12.0 Å². The number of carbonyl (C=O) groups is 1. The van der Waals surface area contributed by atoms with Crippen LogP contribution in [0.15, 0.2) is 35.3 Å². The first-order valence-electron chi connectivity index (χ1n) is 5.54. The molecule has 0 fully saturated rings. The minimum atomic E-state index is -0.737. The van der Waals surface area contributed by atoms with Gasteiger partial charge in [0.1, 0.15) is 6.61 Å². The summed E-state index contributed by atoms with van der Waals surface area (Å²) >= 11 is 1.59. The molecule has 0 radical (unpaired) electrons. The average Bonchev–Trinajstić information content (AvgIpc) is 2.42. The molecule has 1 aromatic rings. The molecule has 0 saturated heterocycles. The van der Waals surface area contributed by atoms with Crippen LogP contribution in [0.2, 0.25) is 0 Å². The molecule has 0 bridgehead atoms. The topological polar surface area (TPSA) is 55.7 Å². The van der Waals surface area contributed by atoms with Crippen LogP contribution in [0, 0.1) is 0 Å². The van der Waals surface area contributed by atoms with Crippen LogP contribution in [0.3, 0.4) is 0 Å². The van der Waals surface area contributed by atoms with E-state index >= 15 is 0 Å². The number of esters is 1. The highest BCUT2D eigenvalue weighted by atomic mass is 32.2. The predicted molar refractivity (Wildman–Crippen MR) is 71.1 cm³/mol. The molecule has 18 heavy (non-hydrogen) atoms. The summed E-state index contributed by atoms with van der Waals surface area (Å²) in [5.74, 6) is 0.271. The fourth-order valence-corrected chi connectivity index (χ4v) is 1.81. The number of isocyanates is 1. The maximum Gasteiger partial charge on any atom is 0.332 e. The zero-order valence-electron chi connectivity index (χ0n) is 10.2. The monoisotopic (exact) mass is 265 g/mol. The lowest BCUT2D eigenvalue weighted by Crippen LogP contribution is -2.22. The van der Waals surface area contributed by atoms with Gasteiger partial charge in [0.05, 0.1) is 0 Å². The number of hydrogen-bond donors (Lipinski definition) is 0. The van der Waals surface area contributed by atoms with Crippen molar-refractivity contribution in [1.82, 2.24) is 0 Å². The zero-order valence-corrected chi connectivity index (χ0v) is 11.0. The molecule has 0 saturated carbocycles. The van der Waals surface area contributed by atoms with Crippen LogP contribution in [0.1, 0.15) is 12.0 Å². The van der Waals surface area contributed by atoms with Gasteiger partial charge in [-0.2, -0.15) is 16.8 Å². The Kier molecular flexibility index (Phi) is 6.84. The van der Waals surface area contributed by atoms with Gasteiger partial charge in [-0.1, -0.05) is 30.3 Å². The molecule has 0 N–H and O–H groups in total. The molecule has 4 nitrogen and oxygen atoms in total. The lowest BCUT2D eigenvalue weighted by molar-refractivity contribution is -0.146. The van der Waals surface area contributed by atoms with Crippen molar-refractivity contribution in [2.45, 2.75) is 19.1 Å². The van der Waals surface area contributed by atoms with Gasteiger partial charge in [0.2, 0.25) is 6.08 Å². The molecule has 0 aliphatic carbocycles. The molecule has 0 aliphatic rings. The number of benzene rings is 1. The van der Waals surface area contributed by atoms with E-state index in [-0.39, 0.29) is 6.61 Å². The summed E-state index contributed by atoms with van der Waals surface area (Å²) in [5, 5.41) is 0. The number of rotatable bonds is 7. The second kappa shape index (κ2) is 8.50. The quantitative estimate of drug-likeness (QED) is 0.431. The minimum absolute atomic E-state index is 0.198. The van der Waals surface area contributed by atoms with Crippen LogP contribution in [-0.2, 0) is 20.9 Å². The molecular weight excluding hydrogens is 250 g/mol. The van der Waals surface area contributed by atoms with Crippen LogP contribution in [-0.4, -0.2) is 30.1 Å². The second-order valence-corrected chi connectivity index (χ2v) is 4.60. The first kappa shape index (κ1) is 14.5. The van der Waals surface area contributed by atoms with E-state index in [9.17, 15) is 9.59 Å². The van der Waals surface area contributed by atoms with Crippen molar-refractivity contribution in [3.63, 3.8) is 0 Å². The molecule has 0 heterocycles. The maximum atomic E-state index is 11.7. The summed E-state index contributed by atoms with van der Waals surface area (Å²) < 4.78 is 5.12. The van der Waals surface area contributed by atoms with Crippen molar-refractivity contribution in [3.8, 4) is 0 Å². The molecule has 0 aliphatic heterocycles. The Morgan fingerprint density at radius 2 is 2.17 bits per heavy atom. The van der Waals surface area contributed by atoms with Crippen LogP contribution in [0.25, 0.3) is 0 Å². The molecule has 0 amide bonds. The smallest absolute Gasteiger partial charge is 0.332 e. The van der Waals surface area contributed by atoms with Crippen molar-refractivity contribution in [1.29, 1.82) is 0 Å². The van der Waals surface area contributed by atoms with Crippen molar-refractivity contribution in [2.75, 3.05) is 12.0 Å². The fraction of sp³-hybridized carbons (Fsp3) is 0.385. The van der Waals surface area contributed by atoms with Crippen LogP contribution in [0.4, 0.5) is 0 Å². The molecule has 0 aromatic heterocycles. The highest BCUT2D eigenvalue weighted by molar-refractivity contribution is 7.98. The number of ether oxygens (including phenoxy) is 1. The van der Waals surface area contributed by atoms with E-state index in [0.717, 1.165) is 11.3 Å². The highest BCUT2D eigenvalue weighted by Crippen LogP contribution is 2.08. The summed E-state index contributed by atoms with van der Waals surface area (Å²) in [6, 6.07) is 8.64. The summed E-state index contributed by atoms with van der Waals surface area (Å²) in [5.41, 5.74) is 0.907. The Hall–Kier alpha value is -1.58. The van der Waals surface area contributed by atoms with E-state index in [4.69, 9.17) is 4.74 Å².